The average molecular weight is 408 g/mol. The van der Waals surface area contributed by atoms with Crippen LogP contribution in [0.5, 0.6) is 0 Å². The number of carbonyl (C=O) groups excluding carboxylic acids is 2. The zero-order chi connectivity index (χ0) is 20.5. The van der Waals surface area contributed by atoms with Crippen LogP contribution in [-0.4, -0.2) is 51.8 Å². The Morgan fingerprint density at radius 3 is 2.79 bits per heavy atom. The van der Waals surface area contributed by atoms with E-state index in [9.17, 15) is 14.4 Å². The van der Waals surface area contributed by atoms with Gasteiger partial charge in [0.2, 0.25) is 5.91 Å². The van der Waals surface area contributed by atoms with Crippen LogP contribution in [0.15, 0.2) is 16.0 Å². The highest BCUT2D eigenvalue weighted by molar-refractivity contribution is 7.99. The monoisotopic (exact) mass is 407 g/mol. The summed E-state index contributed by atoms with van der Waals surface area (Å²) in [6, 6.07) is 1.40. The van der Waals surface area contributed by atoms with Crippen LogP contribution >= 0.6 is 11.8 Å². The molecular weight excluding hydrogens is 378 g/mol. The fourth-order valence-electron chi connectivity index (χ4n) is 3.67. The van der Waals surface area contributed by atoms with Crippen LogP contribution in [0.3, 0.4) is 0 Å². The highest BCUT2D eigenvalue weighted by Crippen LogP contribution is 2.34. The SMILES string of the molecule is CCOC(=O)C1CCCN(C(=O)CC2CSc3nc(C(C)(C)C)cc(=O)n32)C1. The number of fused-ring (bicyclic) bond motifs is 1. The fourth-order valence-corrected chi connectivity index (χ4v) is 4.82. The number of ether oxygens (including phenoxy) is 1. The molecule has 1 aromatic rings. The van der Waals surface area contributed by atoms with Crippen molar-refractivity contribution in [1.82, 2.24) is 14.5 Å². The van der Waals surface area contributed by atoms with E-state index < -0.39 is 0 Å². The van der Waals surface area contributed by atoms with E-state index in [2.05, 4.69) is 4.98 Å². The summed E-state index contributed by atoms with van der Waals surface area (Å²) in [6.45, 7) is 9.29. The molecule has 0 aliphatic carbocycles. The summed E-state index contributed by atoms with van der Waals surface area (Å²) < 4.78 is 6.77. The molecule has 28 heavy (non-hydrogen) atoms. The number of hydrogen-bond donors (Lipinski definition) is 0. The first-order valence-corrected chi connectivity index (χ1v) is 10.9. The van der Waals surface area contributed by atoms with Crippen LogP contribution in [0, 0.1) is 5.92 Å². The Hall–Kier alpha value is -1.83. The van der Waals surface area contributed by atoms with Crippen molar-refractivity contribution in [2.24, 2.45) is 5.92 Å². The number of esters is 1. The first-order chi connectivity index (χ1) is 13.2. The van der Waals surface area contributed by atoms with E-state index in [0.717, 1.165) is 18.5 Å². The second-order valence-electron chi connectivity index (χ2n) is 8.48. The second-order valence-corrected chi connectivity index (χ2v) is 9.47. The van der Waals surface area contributed by atoms with Gasteiger partial charge in [-0.25, -0.2) is 4.98 Å². The van der Waals surface area contributed by atoms with E-state index in [1.165, 1.54) is 11.8 Å². The number of carbonyl (C=O) groups is 2. The quantitative estimate of drug-likeness (QED) is 0.563. The van der Waals surface area contributed by atoms with Gasteiger partial charge in [-0.1, -0.05) is 32.5 Å². The van der Waals surface area contributed by atoms with Crippen LogP contribution in [0.1, 0.15) is 58.7 Å². The van der Waals surface area contributed by atoms with Gasteiger partial charge in [0, 0.05) is 36.7 Å². The fraction of sp³-hybridized carbons (Fsp3) is 0.700. The smallest absolute Gasteiger partial charge is 0.310 e. The third kappa shape index (κ3) is 4.42. The Morgan fingerprint density at radius 1 is 1.36 bits per heavy atom. The molecule has 8 heteroatoms. The van der Waals surface area contributed by atoms with Crippen molar-refractivity contribution in [3.63, 3.8) is 0 Å². The molecule has 1 aromatic heterocycles. The van der Waals surface area contributed by atoms with Crippen molar-refractivity contribution >= 4 is 23.6 Å². The summed E-state index contributed by atoms with van der Waals surface area (Å²) in [5.41, 5.74) is 0.483. The highest BCUT2D eigenvalue weighted by atomic mass is 32.2. The van der Waals surface area contributed by atoms with Crippen molar-refractivity contribution in [3.05, 3.63) is 22.1 Å². The maximum Gasteiger partial charge on any atom is 0.310 e. The number of nitrogens with zero attached hydrogens (tertiary/aromatic N) is 3. The van der Waals surface area contributed by atoms with Crippen LogP contribution in [-0.2, 0) is 19.7 Å². The predicted molar refractivity (Wildman–Crippen MR) is 108 cm³/mol. The lowest BCUT2D eigenvalue weighted by Crippen LogP contribution is -2.43. The lowest BCUT2D eigenvalue weighted by atomic mass is 9.92. The molecule has 154 valence electrons. The standard InChI is InChI=1S/C20H29N3O4S/c1-5-27-18(26)13-7-6-8-22(11-13)16(24)9-14-12-28-19-21-15(20(2,3)4)10-17(25)23(14)19/h10,13-14H,5-9,11-12H2,1-4H3. The molecule has 0 spiro atoms. The van der Waals surface area contributed by atoms with Gasteiger partial charge in [0.15, 0.2) is 5.16 Å². The number of aromatic nitrogens is 2. The van der Waals surface area contributed by atoms with Crippen LogP contribution in [0.25, 0.3) is 0 Å². The Bertz CT molecular complexity index is 815. The number of amides is 1. The number of hydrogen-bond acceptors (Lipinski definition) is 6. The lowest BCUT2D eigenvalue weighted by molar-refractivity contribution is -0.151. The van der Waals surface area contributed by atoms with Crippen molar-refractivity contribution in [2.45, 2.75) is 63.6 Å². The highest BCUT2D eigenvalue weighted by Gasteiger charge is 2.33. The molecule has 3 rings (SSSR count). The molecular formula is C20H29N3O4S. The third-order valence-corrected chi connectivity index (χ3v) is 6.36. The number of rotatable bonds is 4. The van der Waals surface area contributed by atoms with Gasteiger partial charge < -0.3 is 9.64 Å². The molecule has 0 radical (unpaired) electrons. The summed E-state index contributed by atoms with van der Waals surface area (Å²) in [5, 5.41) is 0.693. The second kappa shape index (κ2) is 8.27. The van der Waals surface area contributed by atoms with Gasteiger partial charge in [-0.2, -0.15) is 0 Å². The van der Waals surface area contributed by atoms with Gasteiger partial charge in [0.25, 0.3) is 5.56 Å². The molecule has 2 atom stereocenters. The average Bonchev–Trinajstić information content (AvgIpc) is 3.04. The molecule has 2 unspecified atom stereocenters. The zero-order valence-electron chi connectivity index (χ0n) is 17.1. The summed E-state index contributed by atoms with van der Waals surface area (Å²) in [6.07, 6.45) is 1.80. The first kappa shape index (κ1) is 20.9. The summed E-state index contributed by atoms with van der Waals surface area (Å²) in [5.74, 6) is 0.175. The molecule has 0 bridgehead atoms. The molecule has 1 amide bonds. The minimum absolute atomic E-state index is 0.0146. The normalized spacial score (nSPS) is 22.1. The van der Waals surface area contributed by atoms with E-state index >= 15 is 0 Å². The van der Waals surface area contributed by atoms with Crippen LogP contribution in [0.4, 0.5) is 0 Å². The van der Waals surface area contributed by atoms with Gasteiger partial charge in [-0.3, -0.25) is 19.0 Å². The lowest BCUT2D eigenvalue weighted by Gasteiger charge is -2.32. The van der Waals surface area contributed by atoms with Crippen molar-refractivity contribution in [3.8, 4) is 0 Å². The van der Waals surface area contributed by atoms with E-state index in [0.29, 0.717) is 30.6 Å². The minimum Gasteiger partial charge on any atom is -0.466 e. The van der Waals surface area contributed by atoms with E-state index in [-0.39, 0.29) is 41.2 Å². The van der Waals surface area contributed by atoms with Crippen LogP contribution in [0.2, 0.25) is 0 Å². The topological polar surface area (TPSA) is 81.5 Å². The molecule has 2 aliphatic heterocycles. The van der Waals surface area contributed by atoms with Crippen molar-refractivity contribution in [1.29, 1.82) is 0 Å². The summed E-state index contributed by atoms with van der Waals surface area (Å²) >= 11 is 1.53. The third-order valence-electron chi connectivity index (χ3n) is 5.26. The molecule has 2 aliphatic rings. The van der Waals surface area contributed by atoms with Gasteiger partial charge in [0.05, 0.1) is 24.3 Å². The maximum atomic E-state index is 12.9. The molecule has 0 N–H and O–H groups in total. The summed E-state index contributed by atoms with van der Waals surface area (Å²) in [7, 11) is 0. The van der Waals surface area contributed by atoms with E-state index in [1.54, 1.807) is 22.5 Å². The Labute approximate surface area is 169 Å². The summed E-state index contributed by atoms with van der Waals surface area (Å²) in [4.78, 5) is 44.0. The number of likely N-dealkylation sites (tertiary alicyclic amines) is 1. The Balaban J connectivity index is 1.70. The van der Waals surface area contributed by atoms with Crippen LogP contribution < -0.4 is 5.56 Å². The number of piperidine rings is 1. The van der Waals surface area contributed by atoms with Gasteiger partial charge in [-0.15, -0.1) is 0 Å². The Morgan fingerprint density at radius 2 is 2.11 bits per heavy atom. The number of thioether (sulfide) groups is 1. The van der Waals surface area contributed by atoms with E-state index in [4.69, 9.17) is 4.74 Å². The minimum atomic E-state index is -0.248. The first-order valence-electron chi connectivity index (χ1n) is 9.92. The molecule has 1 fully saturated rings. The van der Waals surface area contributed by atoms with Gasteiger partial charge >= 0.3 is 5.97 Å². The predicted octanol–water partition coefficient (Wildman–Crippen LogP) is 2.38. The Kier molecular flexibility index (Phi) is 6.17. The van der Waals surface area contributed by atoms with Gasteiger partial charge in [-0.05, 0) is 19.8 Å². The zero-order valence-corrected chi connectivity index (χ0v) is 17.9. The van der Waals surface area contributed by atoms with Gasteiger partial charge in [0.1, 0.15) is 0 Å². The van der Waals surface area contributed by atoms with E-state index in [1.807, 2.05) is 20.8 Å². The molecule has 0 saturated carbocycles. The molecule has 0 aromatic carbocycles. The van der Waals surface area contributed by atoms with Crippen molar-refractivity contribution < 1.29 is 14.3 Å². The van der Waals surface area contributed by atoms with Crippen molar-refractivity contribution in [2.75, 3.05) is 25.4 Å². The molecule has 1 saturated heterocycles. The largest absolute Gasteiger partial charge is 0.466 e. The molecule has 7 nitrogen and oxygen atoms in total. The maximum absolute atomic E-state index is 12.9. The molecule has 3 heterocycles.